The summed E-state index contributed by atoms with van der Waals surface area (Å²) in [6.07, 6.45) is 2.07. The fourth-order valence-corrected chi connectivity index (χ4v) is 2.96. The fraction of sp³-hybridized carbons (Fsp3) is 0.875. The van der Waals surface area contributed by atoms with E-state index >= 15 is 0 Å². The highest BCUT2D eigenvalue weighted by atomic mass is 16.6. The number of carbonyl (C=O) groups excluding carboxylic acids is 2. The van der Waals surface area contributed by atoms with Crippen molar-refractivity contribution in [1.29, 1.82) is 0 Å². The summed E-state index contributed by atoms with van der Waals surface area (Å²) in [5.41, 5.74) is 0. The standard InChI is InChI=1S/C16H26O7/c1-19-11-9-21-12-10-22-13(17)7-5-3-4-6-8-14(18)23-16(12)15(11)20-2/h11-12,15-16H,3-10H2,1-2H3/t11-,12+,15+,16+/m0/s1. The lowest BCUT2D eigenvalue weighted by Crippen LogP contribution is -2.57. The van der Waals surface area contributed by atoms with Gasteiger partial charge in [0, 0.05) is 27.1 Å². The molecule has 23 heavy (non-hydrogen) atoms. The van der Waals surface area contributed by atoms with E-state index in [-0.39, 0.29) is 24.6 Å². The van der Waals surface area contributed by atoms with Crippen LogP contribution in [-0.4, -0.2) is 63.8 Å². The van der Waals surface area contributed by atoms with Crippen LogP contribution >= 0.6 is 0 Å². The summed E-state index contributed by atoms with van der Waals surface area (Å²) in [5, 5.41) is 0. The van der Waals surface area contributed by atoms with Crippen molar-refractivity contribution in [2.75, 3.05) is 27.4 Å². The first-order valence-corrected chi connectivity index (χ1v) is 8.18. The molecule has 2 fully saturated rings. The van der Waals surface area contributed by atoms with Gasteiger partial charge in [-0.3, -0.25) is 9.59 Å². The zero-order valence-electron chi connectivity index (χ0n) is 13.8. The van der Waals surface area contributed by atoms with Crippen molar-refractivity contribution in [3.63, 3.8) is 0 Å². The zero-order valence-corrected chi connectivity index (χ0v) is 13.8. The SMILES string of the molecule is CO[C@H]1[C@@H]2OC(=O)CCCCCCC(=O)OC[C@H]2OC[C@@H]1OC. The van der Waals surface area contributed by atoms with Gasteiger partial charge in [0.15, 0.2) is 6.10 Å². The van der Waals surface area contributed by atoms with Crippen LogP contribution in [0, 0.1) is 0 Å². The summed E-state index contributed by atoms with van der Waals surface area (Å²) in [6, 6.07) is 0. The molecule has 0 unspecified atom stereocenters. The molecule has 7 nitrogen and oxygen atoms in total. The molecule has 2 heterocycles. The molecular weight excluding hydrogens is 304 g/mol. The topological polar surface area (TPSA) is 80.3 Å². The van der Waals surface area contributed by atoms with Gasteiger partial charge in [0.1, 0.15) is 24.9 Å². The van der Waals surface area contributed by atoms with E-state index in [0.29, 0.717) is 19.4 Å². The maximum absolute atomic E-state index is 12.1. The van der Waals surface area contributed by atoms with Crippen molar-refractivity contribution in [1.82, 2.24) is 0 Å². The first kappa shape index (κ1) is 18.2. The van der Waals surface area contributed by atoms with Crippen LogP contribution in [-0.2, 0) is 33.3 Å². The first-order chi connectivity index (χ1) is 11.2. The molecule has 0 aromatic rings. The van der Waals surface area contributed by atoms with Gasteiger partial charge in [-0.15, -0.1) is 0 Å². The predicted octanol–water partition coefficient (Wildman–Crippen LogP) is 1.22. The molecular formula is C16H26O7. The largest absolute Gasteiger partial charge is 0.463 e. The number of hydrogen-bond donors (Lipinski definition) is 0. The number of carbonyl (C=O) groups is 2. The Balaban J connectivity index is 2.10. The molecule has 2 aliphatic heterocycles. The maximum Gasteiger partial charge on any atom is 0.306 e. The number of ether oxygens (including phenoxy) is 5. The highest BCUT2D eigenvalue weighted by Gasteiger charge is 2.44. The van der Waals surface area contributed by atoms with E-state index in [0.717, 1.165) is 25.7 Å². The number of cyclic esters (lactones) is 1. The molecule has 0 aromatic heterocycles. The summed E-state index contributed by atoms with van der Waals surface area (Å²) < 4.78 is 27.3. The number of fused-ring (bicyclic) bond motifs is 1. The molecule has 2 aliphatic rings. The minimum absolute atomic E-state index is 0.0487. The van der Waals surface area contributed by atoms with E-state index in [4.69, 9.17) is 23.7 Å². The van der Waals surface area contributed by atoms with Gasteiger partial charge in [0.05, 0.1) is 6.61 Å². The highest BCUT2D eigenvalue weighted by molar-refractivity contribution is 5.70. The Bertz CT molecular complexity index is 398. The number of methoxy groups -OCH3 is 2. The maximum atomic E-state index is 12.1. The number of hydrogen-bond acceptors (Lipinski definition) is 7. The van der Waals surface area contributed by atoms with Crippen LogP contribution in [0.2, 0.25) is 0 Å². The molecule has 4 atom stereocenters. The van der Waals surface area contributed by atoms with Gasteiger partial charge in [0.2, 0.25) is 0 Å². The van der Waals surface area contributed by atoms with Crippen LogP contribution in [0.25, 0.3) is 0 Å². The zero-order chi connectivity index (χ0) is 16.7. The van der Waals surface area contributed by atoms with Crippen molar-refractivity contribution < 1.29 is 33.3 Å². The van der Waals surface area contributed by atoms with Crippen molar-refractivity contribution >= 4 is 11.9 Å². The summed E-state index contributed by atoms with van der Waals surface area (Å²) >= 11 is 0. The Labute approximate surface area is 136 Å². The molecule has 0 radical (unpaired) electrons. The van der Waals surface area contributed by atoms with Gasteiger partial charge >= 0.3 is 11.9 Å². The minimum Gasteiger partial charge on any atom is -0.463 e. The summed E-state index contributed by atoms with van der Waals surface area (Å²) in [4.78, 5) is 23.8. The Morgan fingerprint density at radius 3 is 2.26 bits per heavy atom. The summed E-state index contributed by atoms with van der Waals surface area (Å²) in [5.74, 6) is -0.534. The van der Waals surface area contributed by atoms with Crippen LogP contribution in [0.3, 0.4) is 0 Å². The molecule has 0 saturated carbocycles. The van der Waals surface area contributed by atoms with Gasteiger partial charge in [-0.05, 0) is 12.8 Å². The molecule has 0 bridgehead atoms. The van der Waals surface area contributed by atoms with E-state index in [9.17, 15) is 9.59 Å². The van der Waals surface area contributed by atoms with Crippen molar-refractivity contribution in [2.24, 2.45) is 0 Å². The van der Waals surface area contributed by atoms with E-state index in [1.165, 1.54) is 0 Å². The summed E-state index contributed by atoms with van der Waals surface area (Å²) in [6.45, 7) is 0.346. The smallest absolute Gasteiger partial charge is 0.306 e. The average molecular weight is 330 g/mol. The van der Waals surface area contributed by atoms with E-state index in [1.54, 1.807) is 14.2 Å². The molecule has 0 N–H and O–H groups in total. The minimum atomic E-state index is -0.653. The molecule has 132 valence electrons. The quantitative estimate of drug-likeness (QED) is 0.704. The Morgan fingerprint density at radius 2 is 1.61 bits per heavy atom. The average Bonchev–Trinajstić information content (AvgIpc) is 2.56. The molecule has 0 spiro atoms. The number of esters is 2. The van der Waals surface area contributed by atoms with Crippen LogP contribution in [0.15, 0.2) is 0 Å². The molecule has 2 rings (SSSR count). The van der Waals surface area contributed by atoms with Gasteiger partial charge in [-0.1, -0.05) is 12.8 Å². The Hall–Kier alpha value is -1.18. The third kappa shape index (κ3) is 5.16. The highest BCUT2D eigenvalue weighted by Crippen LogP contribution is 2.24. The number of rotatable bonds is 2. The lowest BCUT2D eigenvalue weighted by atomic mass is 9.99. The fourth-order valence-electron chi connectivity index (χ4n) is 2.96. The van der Waals surface area contributed by atoms with E-state index < -0.39 is 18.3 Å². The predicted molar refractivity (Wildman–Crippen MR) is 79.9 cm³/mol. The monoisotopic (exact) mass is 330 g/mol. The third-order valence-corrected chi connectivity index (χ3v) is 4.29. The van der Waals surface area contributed by atoms with Crippen LogP contribution < -0.4 is 0 Å². The second-order valence-corrected chi connectivity index (χ2v) is 5.90. The molecule has 0 aliphatic carbocycles. The van der Waals surface area contributed by atoms with Gasteiger partial charge in [-0.25, -0.2) is 0 Å². The molecule has 0 amide bonds. The lowest BCUT2D eigenvalue weighted by Gasteiger charge is -2.40. The van der Waals surface area contributed by atoms with Crippen LogP contribution in [0.1, 0.15) is 38.5 Å². The van der Waals surface area contributed by atoms with Crippen molar-refractivity contribution in [2.45, 2.75) is 62.9 Å². The summed E-state index contributed by atoms with van der Waals surface area (Å²) in [7, 11) is 3.10. The Morgan fingerprint density at radius 1 is 0.913 bits per heavy atom. The Kier molecular flexibility index (Phi) is 7.26. The van der Waals surface area contributed by atoms with Gasteiger partial charge < -0.3 is 23.7 Å². The van der Waals surface area contributed by atoms with E-state index in [1.807, 2.05) is 0 Å². The normalized spacial score (nSPS) is 34.2. The second kappa shape index (κ2) is 9.20. The first-order valence-electron chi connectivity index (χ1n) is 8.18. The van der Waals surface area contributed by atoms with Gasteiger partial charge in [0.25, 0.3) is 0 Å². The molecule has 2 saturated heterocycles. The second-order valence-electron chi connectivity index (χ2n) is 5.90. The van der Waals surface area contributed by atoms with Crippen LogP contribution in [0.4, 0.5) is 0 Å². The molecule has 7 heteroatoms. The third-order valence-electron chi connectivity index (χ3n) is 4.29. The molecule has 0 aromatic carbocycles. The van der Waals surface area contributed by atoms with E-state index in [2.05, 4.69) is 0 Å². The van der Waals surface area contributed by atoms with Crippen LogP contribution in [0.5, 0.6) is 0 Å². The lowest BCUT2D eigenvalue weighted by molar-refractivity contribution is -0.226. The van der Waals surface area contributed by atoms with Crippen molar-refractivity contribution in [3.05, 3.63) is 0 Å². The van der Waals surface area contributed by atoms with Crippen molar-refractivity contribution in [3.8, 4) is 0 Å². The van der Waals surface area contributed by atoms with Gasteiger partial charge in [-0.2, -0.15) is 0 Å².